The highest BCUT2D eigenvalue weighted by Crippen LogP contribution is 2.18. The topological polar surface area (TPSA) is 55.1 Å². The van der Waals surface area contributed by atoms with Gasteiger partial charge in [-0.2, -0.15) is 0 Å². The normalized spacial score (nSPS) is 14.1. The number of amides is 1. The molecule has 0 saturated heterocycles. The zero-order chi connectivity index (χ0) is 12.7. The summed E-state index contributed by atoms with van der Waals surface area (Å²) in [5.41, 5.74) is 6.22. The molecule has 0 unspecified atom stereocenters. The van der Waals surface area contributed by atoms with E-state index in [1.54, 1.807) is 0 Å². The third-order valence-electron chi connectivity index (χ3n) is 3.09. The molecule has 0 heterocycles. The van der Waals surface area contributed by atoms with Gasteiger partial charge in [0.15, 0.2) is 0 Å². The van der Waals surface area contributed by atoms with Crippen LogP contribution >= 0.6 is 0 Å². The number of nitrogens with one attached hydrogen (secondary N) is 1. The number of nitrogens with two attached hydrogens (primary N) is 1. The number of hydrogen-bond acceptors (Lipinski definition) is 2. The van der Waals surface area contributed by atoms with E-state index in [1.807, 2.05) is 37.3 Å². The number of carbonyl (C=O) groups is 1. The predicted octanol–water partition coefficient (Wildman–Crippen LogP) is 2.92. The lowest BCUT2D eigenvalue weighted by Crippen LogP contribution is -2.50. The number of para-hydroxylation sites is 1. The summed E-state index contributed by atoms with van der Waals surface area (Å²) in [5, 5.41) is 2.88. The van der Waals surface area contributed by atoms with E-state index < -0.39 is 5.54 Å². The molecular formula is C14H22N2O. The average Bonchev–Trinajstić information content (AvgIpc) is 2.37. The molecule has 3 nitrogen and oxygen atoms in total. The van der Waals surface area contributed by atoms with Crippen LogP contribution in [0.4, 0.5) is 5.69 Å². The quantitative estimate of drug-likeness (QED) is 0.795. The number of hydrogen-bond donors (Lipinski definition) is 2. The van der Waals surface area contributed by atoms with Gasteiger partial charge in [0.05, 0.1) is 5.54 Å². The smallest absolute Gasteiger partial charge is 0.244 e. The molecule has 0 bridgehead atoms. The highest BCUT2D eigenvalue weighted by molar-refractivity contribution is 5.97. The first-order valence-electron chi connectivity index (χ1n) is 6.27. The number of carbonyl (C=O) groups excluding carboxylic acids is 1. The van der Waals surface area contributed by atoms with Gasteiger partial charge in [-0.1, -0.05) is 44.9 Å². The Kier molecular flexibility index (Phi) is 5.16. The predicted molar refractivity (Wildman–Crippen MR) is 71.8 cm³/mol. The molecule has 1 atom stereocenters. The van der Waals surface area contributed by atoms with Gasteiger partial charge in [0.1, 0.15) is 0 Å². The van der Waals surface area contributed by atoms with E-state index in [0.717, 1.165) is 24.9 Å². The number of rotatable bonds is 6. The van der Waals surface area contributed by atoms with Crippen molar-refractivity contribution in [3.05, 3.63) is 30.3 Å². The largest absolute Gasteiger partial charge is 0.324 e. The standard InChI is InChI=1S/C14H22N2O/c1-3-5-11-14(15,4-2)13(17)16-12-9-7-6-8-10-12/h6-10H,3-5,11,15H2,1-2H3,(H,16,17)/t14-/m0/s1. The van der Waals surface area contributed by atoms with Gasteiger partial charge < -0.3 is 11.1 Å². The van der Waals surface area contributed by atoms with E-state index in [-0.39, 0.29) is 5.91 Å². The number of benzene rings is 1. The fourth-order valence-corrected chi connectivity index (χ4v) is 1.72. The van der Waals surface area contributed by atoms with Crippen LogP contribution in [0.2, 0.25) is 0 Å². The molecule has 94 valence electrons. The van der Waals surface area contributed by atoms with Gasteiger partial charge in [0.2, 0.25) is 5.91 Å². The molecule has 1 rings (SSSR count). The van der Waals surface area contributed by atoms with Crippen molar-refractivity contribution in [3.8, 4) is 0 Å². The van der Waals surface area contributed by atoms with E-state index in [2.05, 4.69) is 12.2 Å². The molecule has 3 heteroatoms. The van der Waals surface area contributed by atoms with Crippen molar-refractivity contribution in [2.75, 3.05) is 5.32 Å². The van der Waals surface area contributed by atoms with E-state index in [4.69, 9.17) is 5.73 Å². The zero-order valence-electron chi connectivity index (χ0n) is 10.7. The maximum Gasteiger partial charge on any atom is 0.244 e. The lowest BCUT2D eigenvalue weighted by Gasteiger charge is -2.26. The summed E-state index contributed by atoms with van der Waals surface area (Å²) in [6.07, 6.45) is 3.43. The van der Waals surface area contributed by atoms with Gasteiger partial charge in [-0.15, -0.1) is 0 Å². The van der Waals surface area contributed by atoms with Crippen LogP contribution in [0.15, 0.2) is 30.3 Å². The lowest BCUT2D eigenvalue weighted by molar-refractivity contribution is -0.121. The SMILES string of the molecule is CCCC[C@@](N)(CC)C(=O)Nc1ccccc1. The minimum atomic E-state index is -0.744. The third-order valence-corrected chi connectivity index (χ3v) is 3.09. The Morgan fingerprint density at radius 3 is 2.47 bits per heavy atom. The van der Waals surface area contributed by atoms with Crippen molar-refractivity contribution in [1.82, 2.24) is 0 Å². The molecule has 0 spiro atoms. The number of anilines is 1. The first kappa shape index (κ1) is 13.7. The second kappa shape index (κ2) is 6.40. The van der Waals surface area contributed by atoms with E-state index in [0.29, 0.717) is 6.42 Å². The van der Waals surface area contributed by atoms with Crippen molar-refractivity contribution in [2.24, 2.45) is 5.73 Å². The fourth-order valence-electron chi connectivity index (χ4n) is 1.72. The molecule has 17 heavy (non-hydrogen) atoms. The van der Waals surface area contributed by atoms with Crippen LogP contribution in [-0.2, 0) is 4.79 Å². The monoisotopic (exact) mass is 234 g/mol. The Balaban J connectivity index is 2.66. The lowest BCUT2D eigenvalue weighted by atomic mass is 9.90. The molecular weight excluding hydrogens is 212 g/mol. The molecule has 1 aromatic rings. The summed E-state index contributed by atoms with van der Waals surface area (Å²) in [6, 6.07) is 9.45. The van der Waals surface area contributed by atoms with Crippen LogP contribution in [0.1, 0.15) is 39.5 Å². The summed E-state index contributed by atoms with van der Waals surface area (Å²) >= 11 is 0. The van der Waals surface area contributed by atoms with Crippen molar-refractivity contribution < 1.29 is 4.79 Å². The molecule has 1 amide bonds. The number of unbranched alkanes of at least 4 members (excludes halogenated alkanes) is 1. The molecule has 0 fully saturated rings. The van der Waals surface area contributed by atoms with Crippen LogP contribution in [0.25, 0.3) is 0 Å². The molecule has 0 saturated carbocycles. The average molecular weight is 234 g/mol. The first-order valence-corrected chi connectivity index (χ1v) is 6.27. The Morgan fingerprint density at radius 1 is 1.29 bits per heavy atom. The highest BCUT2D eigenvalue weighted by Gasteiger charge is 2.31. The maximum absolute atomic E-state index is 12.1. The summed E-state index contributed by atoms with van der Waals surface area (Å²) in [6.45, 7) is 4.06. The molecule has 0 aromatic heterocycles. The van der Waals surface area contributed by atoms with Crippen LogP contribution in [0.3, 0.4) is 0 Å². The van der Waals surface area contributed by atoms with Gasteiger partial charge in [-0.05, 0) is 25.0 Å². The van der Waals surface area contributed by atoms with Crippen molar-refractivity contribution >= 4 is 11.6 Å². The van der Waals surface area contributed by atoms with Gasteiger partial charge in [-0.25, -0.2) is 0 Å². The van der Waals surface area contributed by atoms with Crippen LogP contribution < -0.4 is 11.1 Å². The molecule has 0 aliphatic heterocycles. The second-order valence-electron chi connectivity index (χ2n) is 4.43. The summed E-state index contributed by atoms with van der Waals surface area (Å²) in [4.78, 5) is 12.1. The van der Waals surface area contributed by atoms with Crippen molar-refractivity contribution in [2.45, 2.75) is 45.1 Å². The van der Waals surface area contributed by atoms with Crippen molar-refractivity contribution in [3.63, 3.8) is 0 Å². The summed E-state index contributed by atoms with van der Waals surface area (Å²) in [7, 11) is 0. The third kappa shape index (κ3) is 3.86. The van der Waals surface area contributed by atoms with Gasteiger partial charge >= 0.3 is 0 Å². The summed E-state index contributed by atoms with van der Waals surface area (Å²) < 4.78 is 0. The van der Waals surface area contributed by atoms with Crippen molar-refractivity contribution in [1.29, 1.82) is 0 Å². The Morgan fingerprint density at radius 2 is 1.94 bits per heavy atom. The fraction of sp³-hybridized carbons (Fsp3) is 0.500. The first-order chi connectivity index (χ1) is 8.12. The van der Waals surface area contributed by atoms with Crippen LogP contribution in [-0.4, -0.2) is 11.4 Å². The van der Waals surface area contributed by atoms with E-state index in [1.165, 1.54) is 0 Å². The van der Waals surface area contributed by atoms with Crippen LogP contribution in [0.5, 0.6) is 0 Å². The molecule has 1 aromatic carbocycles. The Hall–Kier alpha value is -1.35. The summed E-state index contributed by atoms with van der Waals surface area (Å²) in [5.74, 6) is -0.0837. The minimum Gasteiger partial charge on any atom is -0.324 e. The van der Waals surface area contributed by atoms with Gasteiger partial charge in [0.25, 0.3) is 0 Å². The van der Waals surface area contributed by atoms with E-state index >= 15 is 0 Å². The molecule has 3 N–H and O–H groups in total. The van der Waals surface area contributed by atoms with E-state index in [9.17, 15) is 4.79 Å². The van der Waals surface area contributed by atoms with Crippen LogP contribution in [0, 0.1) is 0 Å². The Bertz CT molecular complexity index is 350. The second-order valence-corrected chi connectivity index (χ2v) is 4.43. The molecule has 0 radical (unpaired) electrons. The molecule has 0 aliphatic rings. The molecule has 0 aliphatic carbocycles. The maximum atomic E-state index is 12.1. The Labute approximate surface area is 103 Å². The van der Waals surface area contributed by atoms with Gasteiger partial charge in [0, 0.05) is 5.69 Å². The minimum absolute atomic E-state index is 0.0837. The zero-order valence-corrected chi connectivity index (χ0v) is 10.7. The van der Waals surface area contributed by atoms with Gasteiger partial charge in [-0.3, -0.25) is 4.79 Å². The highest BCUT2D eigenvalue weighted by atomic mass is 16.2.